The average molecular weight is 409 g/mol. The largest absolute Gasteiger partial charge is 0.495 e. The molecular formula is C22H23N3O5. The lowest BCUT2D eigenvalue weighted by molar-refractivity contribution is -0.119. The molecule has 0 bridgehead atoms. The number of aromatic nitrogens is 2. The van der Waals surface area contributed by atoms with E-state index in [4.69, 9.17) is 9.47 Å². The van der Waals surface area contributed by atoms with Crippen LogP contribution in [0.5, 0.6) is 5.75 Å². The number of ether oxygens (including phenoxy) is 2. The van der Waals surface area contributed by atoms with E-state index in [1.54, 1.807) is 36.4 Å². The second kappa shape index (κ2) is 9.21. The van der Waals surface area contributed by atoms with E-state index < -0.39 is 18.5 Å². The lowest BCUT2D eigenvalue weighted by atomic mass is 10.1. The minimum Gasteiger partial charge on any atom is -0.495 e. The Hall–Kier alpha value is -3.68. The first-order chi connectivity index (χ1) is 14.4. The van der Waals surface area contributed by atoms with Gasteiger partial charge in [0, 0.05) is 11.9 Å². The maximum Gasteiger partial charge on any atom is 0.359 e. The Kier molecular flexibility index (Phi) is 6.46. The van der Waals surface area contributed by atoms with Gasteiger partial charge in [0.1, 0.15) is 5.75 Å². The Morgan fingerprint density at radius 3 is 2.57 bits per heavy atom. The van der Waals surface area contributed by atoms with Crippen LogP contribution in [0.1, 0.15) is 29.4 Å². The molecule has 0 fully saturated rings. The summed E-state index contributed by atoms with van der Waals surface area (Å²) in [6.45, 7) is 3.67. The van der Waals surface area contributed by atoms with Crippen molar-refractivity contribution < 1.29 is 19.1 Å². The fraction of sp³-hybridized carbons (Fsp3) is 0.273. The van der Waals surface area contributed by atoms with Crippen LogP contribution in [0.4, 0.5) is 5.69 Å². The monoisotopic (exact) mass is 409 g/mol. The number of carbonyl (C=O) groups excluding carboxylic acids is 2. The Labute approximate surface area is 173 Å². The molecule has 0 saturated heterocycles. The molecule has 0 saturated carbocycles. The molecule has 8 nitrogen and oxygen atoms in total. The highest BCUT2D eigenvalue weighted by atomic mass is 16.5. The Bertz CT molecular complexity index is 1150. The second-order valence-corrected chi connectivity index (χ2v) is 6.75. The van der Waals surface area contributed by atoms with Gasteiger partial charge in [0.15, 0.2) is 12.3 Å². The summed E-state index contributed by atoms with van der Waals surface area (Å²) < 4.78 is 11.7. The number of anilines is 1. The van der Waals surface area contributed by atoms with E-state index in [0.717, 1.165) is 5.56 Å². The van der Waals surface area contributed by atoms with Gasteiger partial charge in [-0.25, -0.2) is 9.48 Å². The number of fused-ring (bicyclic) bond motifs is 1. The number of benzene rings is 2. The van der Waals surface area contributed by atoms with E-state index in [2.05, 4.69) is 10.4 Å². The number of hydrogen-bond acceptors (Lipinski definition) is 6. The molecule has 156 valence electrons. The first-order valence-corrected chi connectivity index (χ1v) is 9.56. The molecule has 0 radical (unpaired) electrons. The lowest BCUT2D eigenvalue weighted by Gasteiger charge is -2.12. The molecule has 1 amide bonds. The highest BCUT2D eigenvalue weighted by Crippen LogP contribution is 2.25. The summed E-state index contributed by atoms with van der Waals surface area (Å²) in [7, 11) is 1.50. The van der Waals surface area contributed by atoms with Crippen molar-refractivity contribution in [2.75, 3.05) is 19.0 Å². The van der Waals surface area contributed by atoms with Crippen LogP contribution < -0.4 is 15.6 Å². The summed E-state index contributed by atoms with van der Waals surface area (Å²) in [6, 6.07) is 12.1. The van der Waals surface area contributed by atoms with Crippen molar-refractivity contribution in [3.8, 4) is 5.75 Å². The molecule has 0 atom stereocenters. The van der Waals surface area contributed by atoms with Crippen molar-refractivity contribution in [3.63, 3.8) is 0 Å². The molecule has 0 spiro atoms. The number of methoxy groups -OCH3 is 1. The minimum atomic E-state index is -0.776. The summed E-state index contributed by atoms with van der Waals surface area (Å²) >= 11 is 0. The summed E-state index contributed by atoms with van der Waals surface area (Å²) in [6.07, 6.45) is 0.681. The molecule has 1 N–H and O–H groups in total. The fourth-order valence-electron chi connectivity index (χ4n) is 3.05. The zero-order chi connectivity index (χ0) is 21.7. The molecule has 3 rings (SSSR count). The maximum atomic E-state index is 12.7. The van der Waals surface area contributed by atoms with Gasteiger partial charge in [0.05, 0.1) is 18.2 Å². The number of carbonyl (C=O) groups is 2. The van der Waals surface area contributed by atoms with Crippen molar-refractivity contribution in [2.45, 2.75) is 26.8 Å². The van der Waals surface area contributed by atoms with Crippen LogP contribution in [0, 0.1) is 6.92 Å². The van der Waals surface area contributed by atoms with Crippen molar-refractivity contribution in [3.05, 3.63) is 64.1 Å². The Balaban J connectivity index is 1.79. The average Bonchev–Trinajstić information content (AvgIpc) is 2.74. The molecule has 0 aliphatic rings. The lowest BCUT2D eigenvalue weighted by Crippen LogP contribution is -2.27. The third kappa shape index (κ3) is 4.48. The Morgan fingerprint density at radius 2 is 1.87 bits per heavy atom. The van der Waals surface area contributed by atoms with Crippen LogP contribution in [0.25, 0.3) is 10.8 Å². The molecular weight excluding hydrogens is 386 g/mol. The highest BCUT2D eigenvalue weighted by Gasteiger charge is 2.19. The van der Waals surface area contributed by atoms with E-state index in [0.29, 0.717) is 35.2 Å². The predicted octanol–water partition coefficient (Wildman–Crippen LogP) is 2.92. The number of rotatable bonds is 7. The topological polar surface area (TPSA) is 99.5 Å². The van der Waals surface area contributed by atoms with E-state index >= 15 is 0 Å². The SMILES string of the molecule is CCCn1nc(C(=O)OCC(=O)Nc2cc(C)ccc2OC)c2ccccc2c1=O. The molecule has 1 heterocycles. The molecule has 1 aromatic heterocycles. The predicted molar refractivity (Wildman–Crippen MR) is 113 cm³/mol. The number of nitrogens with zero attached hydrogens (tertiary/aromatic N) is 2. The Morgan fingerprint density at radius 1 is 1.13 bits per heavy atom. The molecule has 0 unspecified atom stereocenters. The number of amides is 1. The molecule has 8 heteroatoms. The normalized spacial score (nSPS) is 10.6. The molecule has 0 aliphatic heterocycles. The number of hydrogen-bond donors (Lipinski definition) is 1. The van der Waals surface area contributed by atoms with E-state index in [-0.39, 0.29) is 11.3 Å². The van der Waals surface area contributed by atoms with Crippen LogP contribution in [0.15, 0.2) is 47.3 Å². The summed E-state index contributed by atoms with van der Waals surface area (Å²) in [5.74, 6) is -0.791. The van der Waals surface area contributed by atoms with Crippen LogP contribution >= 0.6 is 0 Å². The number of nitrogens with one attached hydrogen (secondary N) is 1. The van der Waals surface area contributed by atoms with Gasteiger partial charge >= 0.3 is 5.97 Å². The van der Waals surface area contributed by atoms with Crippen molar-refractivity contribution >= 4 is 28.3 Å². The van der Waals surface area contributed by atoms with Crippen LogP contribution in [-0.4, -0.2) is 35.4 Å². The third-order valence-electron chi connectivity index (χ3n) is 4.46. The minimum absolute atomic E-state index is 0.000383. The van der Waals surface area contributed by atoms with Crippen molar-refractivity contribution in [2.24, 2.45) is 0 Å². The first-order valence-electron chi connectivity index (χ1n) is 9.56. The van der Waals surface area contributed by atoms with Crippen LogP contribution in [0.2, 0.25) is 0 Å². The van der Waals surface area contributed by atoms with Gasteiger partial charge < -0.3 is 14.8 Å². The third-order valence-corrected chi connectivity index (χ3v) is 4.46. The number of aryl methyl sites for hydroxylation is 2. The second-order valence-electron chi connectivity index (χ2n) is 6.75. The van der Waals surface area contributed by atoms with Gasteiger partial charge in [-0.1, -0.05) is 31.2 Å². The van der Waals surface area contributed by atoms with Crippen molar-refractivity contribution in [1.82, 2.24) is 9.78 Å². The standard InChI is InChI=1S/C22H23N3O5/c1-4-11-25-21(27)16-8-6-5-7-15(16)20(24-25)22(28)30-13-19(26)23-17-12-14(2)9-10-18(17)29-3/h5-10,12H,4,11,13H2,1-3H3,(H,23,26). The van der Waals surface area contributed by atoms with Crippen molar-refractivity contribution in [1.29, 1.82) is 0 Å². The van der Waals surface area contributed by atoms with E-state index in [1.807, 2.05) is 19.9 Å². The van der Waals surface area contributed by atoms with Gasteiger partial charge in [-0.05, 0) is 37.1 Å². The van der Waals surface area contributed by atoms with Gasteiger partial charge in [-0.2, -0.15) is 5.10 Å². The van der Waals surface area contributed by atoms with E-state index in [1.165, 1.54) is 11.8 Å². The highest BCUT2D eigenvalue weighted by molar-refractivity contribution is 6.03. The van der Waals surface area contributed by atoms with Gasteiger partial charge in [-0.3, -0.25) is 9.59 Å². The molecule has 2 aromatic carbocycles. The molecule has 3 aromatic rings. The van der Waals surface area contributed by atoms with Crippen LogP contribution in [0.3, 0.4) is 0 Å². The van der Waals surface area contributed by atoms with Gasteiger partial charge in [0.25, 0.3) is 11.5 Å². The van der Waals surface area contributed by atoms with Crippen LogP contribution in [-0.2, 0) is 16.1 Å². The zero-order valence-electron chi connectivity index (χ0n) is 17.1. The fourth-order valence-corrected chi connectivity index (χ4v) is 3.05. The molecule has 0 aliphatic carbocycles. The smallest absolute Gasteiger partial charge is 0.359 e. The quantitative estimate of drug-likeness (QED) is 0.603. The summed E-state index contributed by atoms with van der Waals surface area (Å²) in [5, 5.41) is 7.61. The van der Waals surface area contributed by atoms with Gasteiger partial charge in [-0.15, -0.1) is 0 Å². The molecule has 30 heavy (non-hydrogen) atoms. The van der Waals surface area contributed by atoms with Gasteiger partial charge in [0.2, 0.25) is 0 Å². The zero-order valence-corrected chi connectivity index (χ0v) is 17.1. The summed E-state index contributed by atoms with van der Waals surface area (Å²) in [4.78, 5) is 37.5. The summed E-state index contributed by atoms with van der Waals surface area (Å²) in [5.41, 5.74) is 1.16. The van der Waals surface area contributed by atoms with E-state index in [9.17, 15) is 14.4 Å². The first kappa shape index (κ1) is 21.0. The number of esters is 1. The maximum absolute atomic E-state index is 12.7.